The molecule has 1 unspecified atom stereocenters. The van der Waals surface area contributed by atoms with Crippen molar-refractivity contribution < 1.29 is 4.79 Å². The first-order valence-corrected chi connectivity index (χ1v) is 8.33. The zero-order valence-corrected chi connectivity index (χ0v) is 14.4. The molecule has 23 heavy (non-hydrogen) atoms. The van der Waals surface area contributed by atoms with Crippen molar-refractivity contribution in [2.75, 3.05) is 13.1 Å². The zero-order chi connectivity index (χ0) is 16.9. The highest BCUT2D eigenvalue weighted by molar-refractivity contribution is 5.77. The van der Waals surface area contributed by atoms with Crippen molar-refractivity contribution in [2.24, 2.45) is 5.41 Å². The molecule has 0 radical (unpaired) electrons. The second kappa shape index (κ2) is 7.57. The predicted octanol–water partition coefficient (Wildman–Crippen LogP) is 2.69. The molecule has 1 aromatic heterocycles. The molecule has 5 nitrogen and oxygen atoms in total. The summed E-state index contributed by atoms with van der Waals surface area (Å²) < 4.78 is 0. The summed E-state index contributed by atoms with van der Waals surface area (Å²) in [7, 11) is 0. The quantitative estimate of drug-likeness (QED) is 0.820. The van der Waals surface area contributed by atoms with Gasteiger partial charge >= 0.3 is 0 Å². The van der Waals surface area contributed by atoms with Gasteiger partial charge in [-0.3, -0.25) is 9.59 Å². The SMILES string of the molecule is CC(C)=CCCC1(C)CCC(=O)N(CCc2cc(=O)[nH]cn2)C1. The number of rotatable bonds is 6. The second-order valence-corrected chi connectivity index (χ2v) is 7.10. The average molecular weight is 317 g/mol. The van der Waals surface area contributed by atoms with Crippen LogP contribution in [-0.4, -0.2) is 33.9 Å². The molecule has 1 atom stereocenters. The number of piperidine rings is 1. The van der Waals surface area contributed by atoms with Gasteiger partial charge in [0.05, 0.1) is 6.33 Å². The molecule has 1 aliphatic heterocycles. The Balaban J connectivity index is 1.93. The van der Waals surface area contributed by atoms with E-state index in [-0.39, 0.29) is 16.9 Å². The number of hydrogen-bond acceptors (Lipinski definition) is 3. The third kappa shape index (κ3) is 5.34. The van der Waals surface area contributed by atoms with Gasteiger partial charge in [0.2, 0.25) is 5.91 Å². The Bertz CT molecular complexity index is 631. The summed E-state index contributed by atoms with van der Waals surface area (Å²) >= 11 is 0. The van der Waals surface area contributed by atoms with E-state index in [1.54, 1.807) is 0 Å². The van der Waals surface area contributed by atoms with Gasteiger partial charge in [0.25, 0.3) is 5.56 Å². The molecule has 1 N–H and O–H groups in total. The lowest BCUT2D eigenvalue weighted by Gasteiger charge is -2.40. The normalized spacial score (nSPS) is 21.3. The van der Waals surface area contributed by atoms with E-state index in [0.29, 0.717) is 19.4 Å². The molecule has 2 rings (SSSR count). The molecule has 0 bridgehead atoms. The number of H-pyrrole nitrogens is 1. The number of nitrogens with one attached hydrogen (secondary N) is 1. The molecule has 0 saturated carbocycles. The molecule has 2 heterocycles. The van der Waals surface area contributed by atoms with Gasteiger partial charge in [0.15, 0.2) is 0 Å². The maximum Gasteiger partial charge on any atom is 0.250 e. The number of aromatic nitrogens is 2. The summed E-state index contributed by atoms with van der Waals surface area (Å²) in [6.07, 6.45) is 8.06. The van der Waals surface area contributed by atoms with Crippen LogP contribution in [0.2, 0.25) is 0 Å². The number of allylic oxidation sites excluding steroid dienone is 2. The van der Waals surface area contributed by atoms with Crippen LogP contribution in [0.5, 0.6) is 0 Å². The van der Waals surface area contributed by atoms with Gasteiger partial charge in [-0.25, -0.2) is 4.98 Å². The monoisotopic (exact) mass is 317 g/mol. The molecule has 1 aromatic rings. The molecular formula is C18H27N3O2. The largest absolute Gasteiger partial charge is 0.342 e. The van der Waals surface area contributed by atoms with Crippen LogP contribution in [0.25, 0.3) is 0 Å². The van der Waals surface area contributed by atoms with Crippen LogP contribution in [0.4, 0.5) is 0 Å². The maximum absolute atomic E-state index is 12.2. The molecule has 0 aromatic carbocycles. The number of likely N-dealkylation sites (tertiary alicyclic amines) is 1. The minimum atomic E-state index is -0.147. The fourth-order valence-electron chi connectivity index (χ4n) is 3.11. The molecule has 0 spiro atoms. The summed E-state index contributed by atoms with van der Waals surface area (Å²) in [5.41, 5.74) is 2.11. The molecule has 5 heteroatoms. The smallest absolute Gasteiger partial charge is 0.250 e. The summed E-state index contributed by atoms with van der Waals surface area (Å²) in [4.78, 5) is 32.1. The first-order valence-electron chi connectivity index (χ1n) is 8.33. The van der Waals surface area contributed by atoms with Crippen molar-refractivity contribution in [3.05, 3.63) is 40.1 Å². The minimum absolute atomic E-state index is 0.147. The fourth-order valence-corrected chi connectivity index (χ4v) is 3.11. The second-order valence-electron chi connectivity index (χ2n) is 7.10. The van der Waals surface area contributed by atoms with E-state index in [9.17, 15) is 9.59 Å². The Morgan fingerprint density at radius 1 is 1.43 bits per heavy atom. The van der Waals surface area contributed by atoms with E-state index in [0.717, 1.165) is 31.5 Å². The summed E-state index contributed by atoms with van der Waals surface area (Å²) in [5, 5.41) is 0. The van der Waals surface area contributed by atoms with Crippen molar-refractivity contribution in [1.29, 1.82) is 0 Å². The summed E-state index contributed by atoms with van der Waals surface area (Å²) in [5.74, 6) is 0.217. The van der Waals surface area contributed by atoms with Gasteiger partial charge in [-0.15, -0.1) is 0 Å². The topological polar surface area (TPSA) is 66.1 Å². The van der Waals surface area contributed by atoms with Gasteiger partial charge in [0.1, 0.15) is 0 Å². The van der Waals surface area contributed by atoms with Gasteiger partial charge in [-0.1, -0.05) is 18.6 Å². The molecule has 1 aliphatic rings. The van der Waals surface area contributed by atoms with E-state index in [1.165, 1.54) is 18.0 Å². The summed E-state index contributed by atoms with van der Waals surface area (Å²) in [6, 6.07) is 1.50. The van der Waals surface area contributed by atoms with E-state index in [2.05, 4.69) is 36.8 Å². The van der Waals surface area contributed by atoms with Crippen molar-refractivity contribution >= 4 is 5.91 Å². The number of hydrogen-bond donors (Lipinski definition) is 1. The third-order valence-corrected chi connectivity index (χ3v) is 4.54. The van der Waals surface area contributed by atoms with E-state index in [4.69, 9.17) is 0 Å². The Kier molecular flexibility index (Phi) is 5.74. The van der Waals surface area contributed by atoms with Gasteiger partial charge in [-0.2, -0.15) is 0 Å². The molecule has 1 amide bonds. The third-order valence-electron chi connectivity index (χ3n) is 4.54. The van der Waals surface area contributed by atoms with Crippen molar-refractivity contribution in [2.45, 2.75) is 52.9 Å². The Morgan fingerprint density at radius 3 is 2.91 bits per heavy atom. The lowest BCUT2D eigenvalue weighted by Crippen LogP contribution is -2.46. The minimum Gasteiger partial charge on any atom is -0.342 e. The van der Waals surface area contributed by atoms with Crippen LogP contribution >= 0.6 is 0 Å². The molecule has 0 aliphatic carbocycles. The van der Waals surface area contributed by atoms with Crippen molar-refractivity contribution in [3.8, 4) is 0 Å². The van der Waals surface area contributed by atoms with Crippen molar-refractivity contribution in [1.82, 2.24) is 14.9 Å². The van der Waals surface area contributed by atoms with Crippen LogP contribution in [0, 0.1) is 5.41 Å². The number of amides is 1. The van der Waals surface area contributed by atoms with Gasteiger partial charge in [0, 0.05) is 37.7 Å². The van der Waals surface area contributed by atoms with E-state index < -0.39 is 0 Å². The molecular weight excluding hydrogens is 290 g/mol. The number of nitrogens with zero attached hydrogens (tertiary/aromatic N) is 2. The maximum atomic E-state index is 12.2. The number of aromatic amines is 1. The first kappa shape index (κ1) is 17.4. The Hall–Kier alpha value is -1.91. The predicted molar refractivity (Wildman–Crippen MR) is 91.1 cm³/mol. The molecule has 1 fully saturated rings. The Labute approximate surface area is 137 Å². The zero-order valence-electron chi connectivity index (χ0n) is 14.4. The van der Waals surface area contributed by atoms with Crippen LogP contribution in [0.15, 0.2) is 28.8 Å². The van der Waals surface area contributed by atoms with Crippen LogP contribution in [0.3, 0.4) is 0 Å². The fraction of sp³-hybridized carbons (Fsp3) is 0.611. The van der Waals surface area contributed by atoms with Gasteiger partial charge < -0.3 is 9.88 Å². The molecule has 126 valence electrons. The lowest BCUT2D eigenvalue weighted by atomic mass is 9.77. The van der Waals surface area contributed by atoms with Crippen molar-refractivity contribution in [3.63, 3.8) is 0 Å². The summed E-state index contributed by atoms with van der Waals surface area (Å²) in [6.45, 7) is 7.94. The Morgan fingerprint density at radius 2 is 2.22 bits per heavy atom. The highest BCUT2D eigenvalue weighted by atomic mass is 16.2. The van der Waals surface area contributed by atoms with E-state index in [1.807, 2.05) is 4.90 Å². The first-order chi connectivity index (χ1) is 10.9. The standard InChI is InChI=1S/C18H27N3O2/c1-14(2)5-4-8-18(3)9-6-17(23)21(12-18)10-7-15-11-16(22)20-13-19-15/h5,11,13H,4,6-10,12H2,1-3H3,(H,19,20,22). The van der Waals surface area contributed by atoms with Gasteiger partial charge in [-0.05, 0) is 38.5 Å². The van der Waals surface area contributed by atoms with Crippen LogP contribution < -0.4 is 5.56 Å². The van der Waals surface area contributed by atoms with Crippen LogP contribution in [0.1, 0.15) is 52.1 Å². The number of carbonyl (C=O) groups is 1. The average Bonchev–Trinajstić information content (AvgIpc) is 2.48. The number of carbonyl (C=O) groups excluding carboxylic acids is 1. The highest BCUT2D eigenvalue weighted by Gasteiger charge is 2.34. The highest BCUT2D eigenvalue weighted by Crippen LogP contribution is 2.34. The van der Waals surface area contributed by atoms with E-state index >= 15 is 0 Å². The lowest BCUT2D eigenvalue weighted by molar-refractivity contribution is -0.137. The van der Waals surface area contributed by atoms with Crippen LogP contribution in [-0.2, 0) is 11.2 Å². The molecule has 1 saturated heterocycles.